The van der Waals surface area contributed by atoms with Crippen molar-refractivity contribution in [1.29, 1.82) is 0 Å². The predicted molar refractivity (Wildman–Crippen MR) is 61.4 cm³/mol. The lowest BCUT2D eigenvalue weighted by Crippen LogP contribution is -2.25. The maximum absolute atomic E-state index is 6.03. The van der Waals surface area contributed by atoms with Crippen LogP contribution in [0.4, 0.5) is 0 Å². The van der Waals surface area contributed by atoms with Crippen LogP contribution in [0.25, 0.3) is 0 Å². The van der Waals surface area contributed by atoms with E-state index in [2.05, 4.69) is 10.1 Å². The van der Waals surface area contributed by atoms with Gasteiger partial charge in [0.05, 0.1) is 6.10 Å². The van der Waals surface area contributed by atoms with Crippen molar-refractivity contribution in [3.8, 4) is 0 Å². The Hall–Kier alpha value is -0.940. The summed E-state index contributed by atoms with van der Waals surface area (Å²) in [6.45, 7) is 0.863. The highest BCUT2D eigenvalue weighted by Gasteiger charge is 2.30. The summed E-state index contributed by atoms with van der Waals surface area (Å²) >= 11 is 0. The van der Waals surface area contributed by atoms with Crippen LogP contribution in [0.2, 0.25) is 0 Å². The van der Waals surface area contributed by atoms with E-state index >= 15 is 0 Å². The number of nitrogens with zero attached hydrogens (tertiary/aromatic N) is 2. The van der Waals surface area contributed by atoms with E-state index in [0.29, 0.717) is 18.2 Å². The van der Waals surface area contributed by atoms with Gasteiger partial charge in [-0.25, -0.2) is 0 Å². The molecule has 0 bridgehead atoms. The number of aromatic nitrogens is 2. The Morgan fingerprint density at radius 1 is 1.35 bits per heavy atom. The highest BCUT2D eigenvalue weighted by molar-refractivity contribution is 4.95. The molecule has 2 aliphatic rings. The zero-order valence-corrected chi connectivity index (χ0v) is 9.97. The molecule has 1 aromatic heterocycles. The number of rotatable bonds is 5. The van der Waals surface area contributed by atoms with Crippen LogP contribution in [-0.2, 0) is 17.6 Å². The molecule has 2 atom stereocenters. The topological polar surface area (TPSA) is 74.2 Å². The van der Waals surface area contributed by atoms with Gasteiger partial charge in [0.25, 0.3) is 0 Å². The van der Waals surface area contributed by atoms with Crippen LogP contribution in [0.15, 0.2) is 4.52 Å². The molecular formula is C12H19N3O2. The number of hydrogen-bond acceptors (Lipinski definition) is 5. The first-order chi connectivity index (χ1) is 8.31. The summed E-state index contributed by atoms with van der Waals surface area (Å²) in [5.74, 6) is 2.11. The zero-order chi connectivity index (χ0) is 11.7. The van der Waals surface area contributed by atoms with Crippen LogP contribution < -0.4 is 5.73 Å². The van der Waals surface area contributed by atoms with Gasteiger partial charge in [0.2, 0.25) is 5.89 Å². The first-order valence-electron chi connectivity index (χ1n) is 6.50. The number of ether oxygens (including phenoxy) is 1. The highest BCUT2D eigenvalue weighted by atomic mass is 16.5. The second-order valence-corrected chi connectivity index (χ2v) is 5.15. The summed E-state index contributed by atoms with van der Waals surface area (Å²) in [4.78, 5) is 4.39. The first-order valence-corrected chi connectivity index (χ1v) is 6.50. The molecule has 0 amide bonds. The third-order valence-electron chi connectivity index (χ3n) is 3.58. The van der Waals surface area contributed by atoms with Crippen molar-refractivity contribution in [2.24, 2.45) is 11.7 Å². The quantitative estimate of drug-likeness (QED) is 0.829. The van der Waals surface area contributed by atoms with Crippen LogP contribution in [0, 0.1) is 5.92 Å². The van der Waals surface area contributed by atoms with E-state index in [1.54, 1.807) is 0 Å². The first kappa shape index (κ1) is 11.2. The number of nitrogens with two attached hydrogens (primary N) is 1. The molecule has 0 spiro atoms. The Labute approximate surface area is 101 Å². The molecular weight excluding hydrogens is 218 g/mol. The lowest BCUT2D eigenvalue weighted by Gasteiger charge is -2.05. The van der Waals surface area contributed by atoms with E-state index in [-0.39, 0.29) is 12.1 Å². The van der Waals surface area contributed by atoms with Crippen molar-refractivity contribution in [3.63, 3.8) is 0 Å². The van der Waals surface area contributed by atoms with Crippen LogP contribution in [0.5, 0.6) is 0 Å². The summed E-state index contributed by atoms with van der Waals surface area (Å²) in [6.07, 6.45) is 6.49. The average Bonchev–Trinajstić information content (AvgIpc) is 2.89. The highest BCUT2D eigenvalue weighted by Crippen LogP contribution is 2.32. The molecule has 2 heterocycles. The second kappa shape index (κ2) is 4.74. The Balaban J connectivity index is 1.53. The fourth-order valence-corrected chi connectivity index (χ4v) is 2.36. The Morgan fingerprint density at radius 2 is 2.24 bits per heavy atom. The largest absolute Gasteiger partial charge is 0.378 e. The van der Waals surface area contributed by atoms with E-state index in [1.807, 2.05) is 0 Å². The van der Waals surface area contributed by atoms with Crippen molar-refractivity contribution >= 4 is 0 Å². The molecule has 1 aliphatic heterocycles. The molecule has 5 heteroatoms. The molecule has 0 aromatic carbocycles. The Morgan fingerprint density at radius 3 is 2.94 bits per heavy atom. The normalized spacial score (nSPS) is 26.3. The van der Waals surface area contributed by atoms with Gasteiger partial charge in [-0.1, -0.05) is 5.16 Å². The molecule has 17 heavy (non-hydrogen) atoms. The lowest BCUT2D eigenvalue weighted by molar-refractivity contribution is 0.109. The van der Waals surface area contributed by atoms with Gasteiger partial charge in [-0.15, -0.1) is 0 Å². The molecule has 2 unspecified atom stereocenters. The molecule has 5 nitrogen and oxygen atoms in total. The van der Waals surface area contributed by atoms with Crippen LogP contribution in [0.3, 0.4) is 0 Å². The minimum Gasteiger partial charge on any atom is -0.378 e. The summed E-state index contributed by atoms with van der Waals surface area (Å²) in [6, 6.07) is 0.186. The summed E-state index contributed by atoms with van der Waals surface area (Å²) in [5.41, 5.74) is 6.03. The smallest absolute Gasteiger partial charge is 0.228 e. The fourth-order valence-electron chi connectivity index (χ4n) is 2.36. The van der Waals surface area contributed by atoms with Gasteiger partial charge < -0.3 is 15.0 Å². The Kier molecular flexibility index (Phi) is 3.11. The van der Waals surface area contributed by atoms with Crippen molar-refractivity contribution in [2.45, 2.75) is 50.7 Å². The molecule has 2 fully saturated rings. The standard InChI is InChI=1S/C12H19N3O2/c13-10(8-3-4-8)7-12-14-11(15-17-12)6-9-2-1-5-16-9/h8-10H,1-7,13H2. The van der Waals surface area contributed by atoms with Crippen molar-refractivity contribution in [2.75, 3.05) is 6.61 Å². The molecule has 2 N–H and O–H groups in total. The van der Waals surface area contributed by atoms with Gasteiger partial charge in [0.1, 0.15) is 0 Å². The molecule has 1 aliphatic carbocycles. The van der Waals surface area contributed by atoms with Crippen LogP contribution in [0.1, 0.15) is 37.4 Å². The van der Waals surface area contributed by atoms with Gasteiger partial charge in [-0.2, -0.15) is 4.98 Å². The van der Waals surface area contributed by atoms with Gasteiger partial charge >= 0.3 is 0 Å². The van der Waals surface area contributed by atoms with Crippen molar-refractivity contribution in [1.82, 2.24) is 10.1 Å². The van der Waals surface area contributed by atoms with E-state index in [9.17, 15) is 0 Å². The van der Waals surface area contributed by atoms with Crippen LogP contribution in [-0.4, -0.2) is 28.9 Å². The SMILES string of the molecule is NC(Cc1nc(CC2CCCO2)no1)C1CC1. The van der Waals surface area contributed by atoms with E-state index in [4.69, 9.17) is 15.0 Å². The molecule has 1 saturated carbocycles. The van der Waals surface area contributed by atoms with Gasteiger partial charge in [-0.05, 0) is 31.6 Å². The molecule has 3 rings (SSSR count). The van der Waals surface area contributed by atoms with Crippen LogP contribution >= 0.6 is 0 Å². The second-order valence-electron chi connectivity index (χ2n) is 5.15. The monoisotopic (exact) mass is 237 g/mol. The molecule has 94 valence electrons. The maximum Gasteiger partial charge on any atom is 0.228 e. The van der Waals surface area contributed by atoms with E-state index in [1.165, 1.54) is 12.8 Å². The third-order valence-corrected chi connectivity index (χ3v) is 3.58. The van der Waals surface area contributed by atoms with Crippen molar-refractivity contribution in [3.05, 3.63) is 11.7 Å². The van der Waals surface area contributed by atoms with E-state index < -0.39 is 0 Å². The van der Waals surface area contributed by atoms with E-state index in [0.717, 1.165) is 31.7 Å². The molecule has 1 saturated heterocycles. The third kappa shape index (κ3) is 2.84. The molecule has 0 radical (unpaired) electrons. The summed E-state index contributed by atoms with van der Waals surface area (Å²) in [7, 11) is 0. The lowest BCUT2D eigenvalue weighted by atomic mass is 10.1. The van der Waals surface area contributed by atoms with Gasteiger partial charge in [0, 0.05) is 25.5 Å². The van der Waals surface area contributed by atoms with Crippen molar-refractivity contribution < 1.29 is 9.26 Å². The Bertz CT molecular complexity index is 351. The minimum atomic E-state index is 0.186. The fraction of sp³-hybridized carbons (Fsp3) is 0.833. The summed E-state index contributed by atoms with van der Waals surface area (Å²) in [5, 5.41) is 3.99. The van der Waals surface area contributed by atoms with Gasteiger partial charge in [0.15, 0.2) is 5.82 Å². The minimum absolute atomic E-state index is 0.186. The number of hydrogen-bond donors (Lipinski definition) is 1. The maximum atomic E-state index is 6.03. The summed E-state index contributed by atoms with van der Waals surface area (Å²) < 4.78 is 10.8. The predicted octanol–water partition coefficient (Wildman–Crippen LogP) is 1.07. The molecule has 1 aromatic rings. The zero-order valence-electron chi connectivity index (χ0n) is 9.97. The van der Waals surface area contributed by atoms with Gasteiger partial charge in [-0.3, -0.25) is 0 Å². The average molecular weight is 237 g/mol.